The number of ether oxygens (including phenoxy) is 2. The fraction of sp³-hybridized carbons (Fsp3) is 0.143. The first-order valence-electron chi connectivity index (χ1n) is 11.1. The number of rotatable bonds is 9. The van der Waals surface area contributed by atoms with Crippen molar-refractivity contribution in [2.75, 3.05) is 19.0 Å². The molecule has 0 atom stereocenters. The average molecular weight is 579 g/mol. The van der Waals surface area contributed by atoms with Crippen LogP contribution in [0.2, 0.25) is 0 Å². The van der Waals surface area contributed by atoms with Crippen molar-refractivity contribution in [1.82, 2.24) is 5.43 Å². The molecule has 2 N–H and O–H groups in total. The van der Waals surface area contributed by atoms with E-state index in [1.165, 1.54) is 16.3 Å². The molecule has 0 fully saturated rings. The second kappa shape index (κ2) is 11.7. The lowest BCUT2D eigenvalue weighted by molar-refractivity contribution is -0.119. The van der Waals surface area contributed by atoms with Gasteiger partial charge in [-0.15, -0.1) is 0 Å². The van der Waals surface area contributed by atoms with Crippen molar-refractivity contribution in [3.63, 3.8) is 0 Å². The van der Waals surface area contributed by atoms with Crippen LogP contribution in [0.15, 0.2) is 84.0 Å². The summed E-state index contributed by atoms with van der Waals surface area (Å²) in [6, 6.07) is 26.1. The zero-order valence-electron chi connectivity index (χ0n) is 19.5. The number of benzene rings is 4. The van der Waals surface area contributed by atoms with Gasteiger partial charge in [0.15, 0.2) is 11.5 Å². The van der Waals surface area contributed by atoms with Gasteiger partial charge in [0.25, 0.3) is 5.91 Å². The molecule has 0 aliphatic carbocycles. The molecule has 0 saturated carbocycles. The Morgan fingerprint density at radius 3 is 2.60 bits per heavy atom. The number of halogens is 1. The number of aryl methyl sites for hydroxylation is 1. The summed E-state index contributed by atoms with van der Waals surface area (Å²) >= 11 is 2.22. The van der Waals surface area contributed by atoms with Crippen LogP contribution < -0.4 is 20.2 Å². The Morgan fingerprint density at radius 1 is 1.03 bits per heavy atom. The monoisotopic (exact) mass is 579 g/mol. The van der Waals surface area contributed by atoms with Crippen LogP contribution in [0.3, 0.4) is 0 Å². The lowest BCUT2D eigenvalue weighted by atomic mass is 10.1. The molecule has 178 valence electrons. The van der Waals surface area contributed by atoms with Gasteiger partial charge in [-0.2, -0.15) is 5.10 Å². The second-order valence-corrected chi connectivity index (χ2v) is 9.14. The molecule has 4 aromatic rings. The number of hydrogen-bond donors (Lipinski definition) is 2. The molecule has 4 rings (SSSR count). The van der Waals surface area contributed by atoms with Gasteiger partial charge in [0.2, 0.25) is 0 Å². The summed E-state index contributed by atoms with van der Waals surface area (Å²) in [7, 11) is 1.61. The summed E-state index contributed by atoms with van der Waals surface area (Å²) in [6.07, 6.45) is 1.59. The summed E-state index contributed by atoms with van der Waals surface area (Å²) in [6.45, 7) is 2.57. The van der Waals surface area contributed by atoms with Gasteiger partial charge in [-0.05, 0) is 75.7 Å². The van der Waals surface area contributed by atoms with Crippen LogP contribution in [0.4, 0.5) is 5.69 Å². The Labute approximate surface area is 218 Å². The maximum Gasteiger partial charge on any atom is 0.259 e. The third-order valence-corrected chi connectivity index (χ3v) is 6.21. The molecule has 0 heterocycles. The van der Waals surface area contributed by atoms with E-state index in [4.69, 9.17) is 9.47 Å². The highest BCUT2D eigenvalue weighted by atomic mass is 127. The highest BCUT2D eigenvalue weighted by Gasteiger charge is 2.12. The Kier molecular flexibility index (Phi) is 8.20. The first-order chi connectivity index (χ1) is 17.0. The van der Waals surface area contributed by atoms with Gasteiger partial charge >= 0.3 is 0 Å². The summed E-state index contributed by atoms with van der Waals surface area (Å²) in [5.41, 5.74) is 6.48. The number of nitrogens with zero attached hydrogens (tertiary/aromatic N) is 1. The van der Waals surface area contributed by atoms with Crippen LogP contribution in [0.25, 0.3) is 10.8 Å². The van der Waals surface area contributed by atoms with E-state index in [0.29, 0.717) is 18.1 Å². The SMILES string of the molecule is COc1cc(/C=N\NC(=O)CNc2ccc(C)cc2)cc(I)c1OCc1cccc2ccccc12. The van der Waals surface area contributed by atoms with E-state index in [1.54, 1.807) is 13.3 Å². The standard InChI is InChI=1S/C28H26IN3O3/c1-19-10-12-23(13-11-19)30-17-27(33)32-31-16-20-14-25(29)28(26(15-20)34-2)35-18-22-8-5-7-21-6-3-4-9-24(21)22/h3-16,30H,17-18H2,1-2H3,(H,32,33)/b31-16-. The molecule has 0 aromatic heterocycles. The molecule has 0 bridgehead atoms. The predicted octanol–water partition coefficient (Wildman–Crippen LogP) is 5.90. The highest BCUT2D eigenvalue weighted by molar-refractivity contribution is 14.1. The van der Waals surface area contributed by atoms with E-state index >= 15 is 0 Å². The largest absolute Gasteiger partial charge is 0.493 e. The highest BCUT2D eigenvalue weighted by Crippen LogP contribution is 2.34. The van der Waals surface area contributed by atoms with Gasteiger partial charge < -0.3 is 14.8 Å². The van der Waals surface area contributed by atoms with Crippen LogP contribution in [0.5, 0.6) is 11.5 Å². The van der Waals surface area contributed by atoms with Gasteiger partial charge in [0.05, 0.1) is 23.4 Å². The third kappa shape index (κ3) is 6.51. The molecule has 4 aromatic carbocycles. The Balaban J connectivity index is 1.38. The van der Waals surface area contributed by atoms with Crippen molar-refractivity contribution in [3.8, 4) is 11.5 Å². The molecular weight excluding hydrogens is 553 g/mol. The quantitative estimate of drug-likeness (QED) is 0.147. The molecule has 6 nitrogen and oxygen atoms in total. The lowest BCUT2D eigenvalue weighted by Crippen LogP contribution is -2.25. The molecule has 0 aliphatic rings. The van der Waals surface area contributed by atoms with Crippen molar-refractivity contribution < 1.29 is 14.3 Å². The Bertz CT molecular complexity index is 1350. The van der Waals surface area contributed by atoms with Crippen molar-refractivity contribution in [3.05, 3.63) is 99.1 Å². The van der Waals surface area contributed by atoms with E-state index in [9.17, 15) is 4.79 Å². The molecule has 0 spiro atoms. The maximum atomic E-state index is 12.1. The zero-order chi connectivity index (χ0) is 24.6. The first kappa shape index (κ1) is 24.5. The minimum atomic E-state index is -0.237. The summed E-state index contributed by atoms with van der Waals surface area (Å²) in [5.74, 6) is 1.04. The van der Waals surface area contributed by atoms with E-state index in [2.05, 4.69) is 62.7 Å². The molecule has 0 unspecified atom stereocenters. The Morgan fingerprint density at radius 2 is 1.80 bits per heavy atom. The zero-order valence-corrected chi connectivity index (χ0v) is 21.7. The number of methoxy groups -OCH3 is 1. The maximum absolute atomic E-state index is 12.1. The fourth-order valence-corrected chi connectivity index (χ4v) is 4.38. The van der Waals surface area contributed by atoms with Gasteiger partial charge in [-0.3, -0.25) is 4.79 Å². The van der Waals surface area contributed by atoms with Crippen molar-refractivity contribution in [2.24, 2.45) is 5.10 Å². The third-order valence-electron chi connectivity index (χ3n) is 5.41. The van der Waals surface area contributed by atoms with Crippen LogP contribution in [-0.2, 0) is 11.4 Å². The summed E-state index contributed by atoms with van der Waals surface area (Å²) in [4.78, 5) is 12.1. The van der Waals surface area contributed by atoms with Gasteiger partial charge in [0, 0.05) is 5.69 Å². The molecule has 0 radical (unpaired) electrons. The van der Waals surface area contributed by atoms with Crippen LogP contribution >= 0.6 is 22.6 Å². The van der Waals surface area contributed by atoms with E-state index in [1.807, 2.05) is 61.5 Å². The molecule has 35 heavy (non-hydrogen) atoms. The van der Waals surface area contributed by atoms with Crippen LogP contribution in [0.1, 0.15) is 16.7 Å². The minimum Gasteiger partial charge on any atom is -0.493 e. The topological polar surface area (TPSA) is 72.0 Å². The smallest absolute Gasteiger partial charge is 0.259 e. The number of hydrogen-bond acceptors (Lipinski definition) is 5. The number of hydrazone groups is 1. The molecule has 1 amide bonds. The van der Waals surface area contributed by atoms with E-state index < -0.39 is 0 Å². The summed E-state index contributed by atoms with van der Waals surface area (Å²) < 4.78 is 12.6. The normalized spacial score (nSPS) is 10.9. The number of fused-ring (bicyclic) bond motifs is 1. The fourth-order valence-electron chi connectivity index (χ4n) is 3.59. The van der Waals surface area contributed by atoms with E-state index in [0.717, 1.165) is 20.4 Å². The number of nitrogens with one attached hydrogen (secondary N) is 2. The molecule has 0 aliphatic heterocycles. The molecule has 7 heteroatoms. The van der Waals surface area contributed by atoms with Gasteiger partial charge in [-0.1, -0.05) is 60.2 Å². The molecular formula is C28H26IN3O3. The molecule has 0 saturated heterocycles. The van der Waals surface area contributed by atoms with Crippen molar-refractivity contribution in [2.45, 2.75) is 13.5 Å². The predicted molar refractivity (Wildman–Crippen MR) is 149 cm³/mol. The second-order valence-electron chi connectivity index (χ2n) is 7.97. The minimum absolute atomic E-state index is 0.127. The lowest BCUT2D eigenvalue weighted by Gasteiger charge is -2.14. The Hall–Kier alpha value is -3.59. The first-order valence-corrected chi connectivity index (χ1v) is 12.2. The number of amides is 1. The number of carbonyl (C=O) groups excluding carboxylic acids is 1. The van der Waals surface area contributed by atoms with Gasteiger partial charge in [0.1, 0.15) is 6.61 Å². The van der Waals surface area contributed by atoms with Crippen molar-refractivity contribution >= 4 is 51.2 Å². The average Bonchev–Trinajstić information content (AvgIpc) is 2.87. The van der Waals surface area contributed by atoms with Crippen LogP contribution in [-0.4, -0.2) is 25.8 Å². The van der Waals surface area contributed by atoms with Crippen LogP contribution in [0, 0.1) is 10.5 Å². The summed E-state index contributed by atoms with van der Waals surface area (Å²) in [5, 5.41) is 9.49. The van der Waals surface area contributed by atoms with E-state index in [-0.39, 0.29) is 12.5 Å². The van der Waals surface area contributed by atoms with Crippen molar-refractivity contribution in [1.29, 1.82) is 0 Å². The number of carbonyl (C=O) groups is 1. The van der Waals surface area contributed by atoms with Gasteiger partial charge in [-0.25, -0.2) is 5.43 Å². The number of anilines is 1.